The maximum atomic E-state index is 5.64. The summed E-state index contributed by atoms with van der Waals surface area (Å²) in [6.45, 7) is 8.58. The van der Waals surface area contributed by atoms with Crippen LogP contribution in [0, 0.1) is 5.41 Å². The fraction of sp³-hybridized carbons (Fsp3) is 0.800. The van der Waals surface area contributed by atoms with Crippen LogP contribution >= 0.6 is 0 Å². The molecule has 0 spiro atoms. The number of aromatic nitrogens is 2. The lowest BCUT2D eigenvalue weighted by atomic mass is 9.82. The Balaban J connectivity index is 1.93. The van der Waals surface area contributed by atoms with Gasteiger partial charge in [-0.1, -0.05) is 0 Å². The summed E-state index contributed by atoms with van der Waals surface area (Å²) in [6, 6.07) is 2.55. The van der Waals surface area contributed by atoms with Crippen LogP contribution in [-0.2, 0) is 15.9 Å². The minimum Gasteiger partial charge on any atom is -0.383 e. The molecule has 1 aliphatic heterocycles. The van der Waals surface area contributed by atoms with Crippen LogP contribution in [0.2, 0.25) is 0 Å². The molecule has 0 saturated carbocycles. The lowest BCUT2D eigenvalue weighted by Crippen LogP contribution is -2.38. The van der Waals surface area contributed by atoms with E-state index in [4.69, 9.17) is 9.47 Å². The molecule has 0 aliphatic carbocycles. The van der Waals surface area contributed by atoms with Crippen LogP contribution in [0.3, 0.4) is 0 Å². The van der Waals surface area contributed by atoms with E-state index in [-0.39, 0.29) is 5.41 Å². The average molecular weight is 281 g/mol. The Morgan fingerprint density at radius 2 is 2.40 bits per heavy atom. The van der Waals surface area contributed by atoms with Gasteiger partial charge in [0, 0.05) is 50.9 Å². The van der Waals surface area contributed by atoms with E-state index in [0.717, 1.165) is 51.4 Å². The minimum absolute atomic E-state index is 0.184. The standard InChI is InChI=1S/C15H27N3O2/c1-13(2)18-7-4-14(17-18)10-15(5-8-20-12-15)11-16-6-9-19-3/h4,7,13,16H,5-6,8-12H2,1-3H3. The molecule has 5 nitrogen and oxygen atoms in total. The van der Waals surface area contributed by atoms with Crippen molar-refractivity contribution in [3.05, 3.63) is 18.0 Å². The summed E-state index contributed by atoms with van der Waals surface area (Å²) in [5, 5.41) is 8.15. The monoisotopic (exact) mass is 281 g/mol. The third-order valence-electron chi connectivity index (χ3n) is 3.92. The highest BCUT2D eigenvalue weighted by Gasteiger charge is 2.35. The van der Waals surface area contributed by atoms with Crippen molar-refractivity contribution in [3.8, 4) is 0 Å². The summed E-state index contributed by atoms with van der Waals surface area (Å²) in [5.74, 6) is 0. The highest BCUT2D eigenvalue weighted by Crippen LogP contribution is 2.31. The van der Waals surface area contributed by atoms with E-state index in [9.17, 15) is 0 Å². The van der Waals surface area contributed by atoms with Crippen molar-refractivity contribution in [1.82, 2.24) is 15.1 Å². The van der Waals surface area contributed by atoms with E-state index in [1.165, 1.54) is 0 Å². The summed E-state index contributed by atoms with van der Waals surface area (Å²) in [7, 11) is 1.73. The topological polar surface area (TPSA) is 48.3 Å². The molecule has 20 heavy (non-hydrogen) atoms. The average Bonchev–Trinajstić information content (AvgIpc) is 3.05. The third kappa shape index (κ3) is 4.04. The highest BCUT2D eigenvalue weighted by atomic mass is 16.5. The second kappa shape index (κ2) is 7.20. The molecule has 1 atom stereocenters. The second-order valence-electron chi connectivity index (χ2n) is 6.03. The van der Waals surface area contributed by atoms with Gasteiger partial charge in [0.15, 0.2) is 0 Å². The van der Waals surface area contributed by atoms with Gasteiger partial charge >= 0.3 is 0 Å². The van der Waals surface area contributed by atoms with Crippen LogP contribution in [0.1, 0.15) is 32.0 Å². The van der Waals surface area contributed by atoms with Gasteiger partial charge in [0.1, 0.15) is 0 Å². The second-order valence-corrected chi connectivity index (χ2v) is 6.03. The fourth-order valence-electron chi connectivity index (χ4n) is 2.66. The van der Waals surface area contributed by atoms with Crippen molar-refractivity contribution in [3.63, 3.8) is 0 Å². The Morgan fingerprint density at radius 3 is 3.00 bits per heavy atom. The van der Waals surface area contributed by atoms with E-state index >= 15 is 0 Å². The van der Waals surface area contributed by atoms with E-state index in [1.54, 1.807) is 7.11 Å². The number of nitrogens with zero attached hydrogens (tertiary/aromatic N) is 2. The molecule has 5 heteroatoms. The van der Waals surface area contributed by atoms with Crippen LogP contribution in [0.4, 0.5) is 0 Å². The van der Waals surface area contributed by atoms with Gasteiger partial charge in [-0.3, -0.25) is 4.68 Å². The maximum absolute atomic E-state index is 5.64. The molecule has 114 valence electrons. The highest BCUT2D eigenvalue weighted by molar-refractivity contribution is 5.05. The van der Waals surface area contributed by atoms with E-state index in [1.807, 2.05) is 4.68 Å². The largest absolute Gasteiger partial charge is 0.383 e. The molecular formula is C15H27N3O2. The zero-order valence-electron chi connectivity index (χ0n) is 12.9. The summed E-state index contributed by atoms with van der Waals surface area (Å²) < 4.78 is 12.7. The predicted octanol–water partition coefficient (Wildman–Crippen LogP) is 1.65. The lowest BCUT2D eigenvalue weighted by molar-refractivity contribution is 0.144. The van der Waals surface area contributed by atoms with Crippen molar-refractivity contribution in [2.75, 3.05) is 40.0 Å². The first-order valence-corrected chi connectivity index (χ1v) is 7.47. The molecule has 1 saturated heterocycles. The molecule has 1 aromatic heterocycles. The van der Waals surface area contributed by atoms with Crippen molar-refractivity contribution in [1.29, 1.82) is 0 Å². The minimum atomic E-state index is 0.184. The van der Waals surface area contributed by atoms with Gasteiger partial charge in [-0.15, -0.1) is 0 Å². The summed E-state index contributed by atoms with van der Waals surface area (Å²) in [6.07, 6.45) is 4.15. The zero-order chi connectivity index (χ0) is 14.4. The number of rotatable bonds is 8. The molecule has 1 unspecified atom stereocenters. The number of hydrogen-bond donors (Lipinski definition) is 1. The Morgan fingerprint density at radius 1 is 1.55 bits per heavy atom. The number of ether oxygens (including phenoxy) is 2. The Hall–Kier alpha value is -0.910. The molecule has 2 rings (SSSR count). The summed E-state index contributed by atoms with van der Waals surface area (Å²) in [5.41, 5.74) is 1.35. The van der Waals surface area contributed by atoms with E-state index in [2.05, 4.69) is 36.5 Å². The molecule has 1 aliphatic rings. The molecule has 2 heterocycles. The predicted molar refractivity (Wildman–Crippen MR) is 78.9 cm³/mol. The van der Waals surface area contributed by atoms with E-state index in [0.29, 0.717) is 6.04 Å². The van der Waals surface area contributed by atoms with Gasteiger partial charge < -0.3 is 14.8 Å². The Kier molecular flexibility index (Phi) is 5.57. The van der Waals surface area contributed by atoms with Gasteiger partial charge in [-0.05, 0) is 26.3 Å². The number of nitrogens with one attached hydrogen (secondary N) is 1. The molecular weight excluding hydrogens is 254 g/mol. The maximum Gasteiger partial charge on any atom is 0.0631 e. The molecule has 0 amide bonds. The van der Waals surface area contributed by atoms with Crippen molar-refractivity contribution in [2.45, 2.75) is 32.7 Å². The SMILES string of the molecule is COCCNCC1(Cc2ccn(C(C)C)n2)CCOC1. The normalized spacial score (nSPS) is 22.8. The van der Waals surface area contributed by atoms with Crippen molar-refractivity contribution in [2.24, 2.45) is 5.41 Å². The van der Waals surface area contributed by atoms with Gasteiger partial charge in [0.05, 0.1) is 18.9 Å². The smallest absolute Gasteiger partial charge is 0.0631 e. The molecule has 1 fully saturated rings. The first-order chi connectivity index (χ1) is 9.65. The van der Waals surface area contributed by atoms with Crippen LogP contribution in [0.15, 0.2) is 12.3 Å². The van der Waals surface area contributed by atoms with Crippen molar-refractivity contribution >= 4 is 0 Å². The quantitative estimate of drug-likeness (QED) is 0.736. The molecule has 0 aromatic carbocycles. The third-order valence-corrected chi connectivity index (χ3v) is 3.92. The van der Waals surface area contributed by atoms with Crippen LogP contribution in [0.25, 0.3) is 0 Å². The van der Waals surface area contributed by atoms with Crippen LogP contribution in [-0.4, -0.2) is 49.8 Å². The Labute approximate surface area is 121 Å². The molecule has 0 bridgehead atoms. The van der Waals surface area contributed by atoms with Gasteiger partial charge in [0.25, 0.3) is 0 Å². The number of methoxy groups -OCH3 is 1. The first-order valence-electron chi connectivity index (χ1n) is 7.47. The van der Waals surface area contributed by atoms with E-state index < -0.39 is 0 Å². The van der Waals surface area contributed by atoms with Gasteiger partial charge in [-0.2, -0.15) is 5.10 Å². The Bertz CT molecular complexity index is 398. The lowest BCUT2D eigenvalue weighted by Gasteiger charge is -2.27. The molecule has 1 aromatic rings. The van der Waals surface area contributed by atoms with Gasteiger partial charge in [0.2, 0.25) is 0 Å². The first kappa shape index (κ1) is 15.5. The fourth-order valence-corrected chi connectivity index (χ4v) is 2.66. The summed E-state index contributed by atoms with van der Waals surface area (Å²) in [4.78, 5) is 0. The van der Waals surface area contributed by atoms with Gasteiger partial charge in [-0.25, -0.2) is 0 Å². The summed E-state index contributed by atoms with van der Waals surface area (Å²) >= 11 is 0. The zero-order valence-corrected chi connectivity index (χ0v) is 12.9. The number of hydrogen-bond acceptors (Lipinski definition) is 4. The van der Waals surface area contributed by atoms with Crippen LogP contribution in [0.5, 0.6) is 0 Å². The van der Waals surface area contributed by atoms with Crippen molar-refractivity contribution < 1.29 is 9.47 Å². The molecule has 0 radical (unpaired) electrons. The van der Waals surface area contributed by atoms with Crippen LogP contribution < -0.4 is 5.32 Å². The molecule has 1 N–H and O–H groups in total.